The third-order valence-electron chi connectivity index (χ3n) is 6.29. The van der Waals surface area contributed by atoms with Crippen molar-refractivity contribution in [1.29, 1.82) is 0 Å². The van der Waals surface area contributed by atoms with Gasteiger partial charge in [0.05, 0.1) is 11.6 Å². The summed E-state index contributed by atoms with van der Waals surface area (Å²) < 4.78 is 0.896. The molecule has 4 nitrogen and oxygen atoms in total. The lowest BCUT2D eigenvalue weighted by atomic mass is 9.88. The predicted molar refractivity (Wildman–Crippen MR) is 128 cm³/mol. The van der Waals surface area contributed by atoms with Gasteiger partial charge in [-0.05, 0) is 72.7 Å². The van der Waals surface area contributed by atoms with Crippen molar-refractivity contribution in [3.05, 3.63) is 105 Å². The molecular weight excluding hydrogens is 466 g/mol. The Bertz CT molecular complexity index is 1230. The molecule has 1 heterocycles. The Balaban J connectivity index is 1.69. The lowest BCUT2D eigenvalue weighted by Crippen LogP contribution is -2.29. The number of hydrogen-bond acceptors (Lipinski definition) is 3. The molecule has 32 heavy (non-hydrogen) atoms. The number of fused-ring (bicyclic) bond motifs is 1. The second kappa shape index (κ2) is 8.40. The molecule has 1 N–H and O–H groups in total. The van der Waals surface area contributed by atoms with E-state index >= 15 is 0 Å². The molecule has 1 aliphatic heterocycles. The topological polar surface area (TPSA) is 57.6 Å². The minimum absolute atomic E-state index is 0.122. The van der Waals surface area contributed by atoms with E-state index in [1.165, 1.54) is 22.4 Å². The molecule has 0 spiro atoms. The number of aliphatic hydroxyl groups excluding tert-OH is 1. The monoisotopic (exact) mass is 487 g/mol. The van der Waals surface area contributed by atoms with Crippen molar-refractivity contribution in [2.24, 2.45) is 0 Å². The largest absolute Gasteiger partial charge is 0.507 e. The van der Waals surface area contributed by atoms with Gasteiger partial charge in [0.25, 0.3) is 11.7 Å². The van der Waals surface area contributed by atoms with Crippen LogP contribution in [0.15, 0.2) is 82.8 Å². The molecule has 1 fully saturated rings. The maximum Gasteiger partial charge on any atom is 0.300 e. The Morgan fingerprint density at radius 3 is 2.28 bits per heavy atom. The number of carbonyl (C=O) groups excluding carboxylic acids is 2. The standard InChI is InChI=1S/C27H22BrNO3/c28-21-14-12-18(13-15-21)24-23(26(31)27(32)29(24)22-8-2-1-3-9-22)25(30)20-11-10-17-6-4-5-7-19(17)16-20/h1-3,8-16,24,30H,4-7H2/b25-23-. The molecule has 5 heteroatoms. The van der Waals surface area contributed by atoms with E-state index < -0.39 is 17.7 Å². The Kier molecular flexibility index (Phi) is 5.43. The first-order valence-electron chi connectivity index (χ1n) is 10.8. The highest BCUT2D eigenvalue weighted by molar-refractivity contribution is 9.10. The number of nitrogens with zero attached hydrogens (tertiary/aromatic N) is 1. The Morgan fingerprint density at radius 2 is 1.56 bits per heavy atom. The zero-order chi connectivity index (χ0) is 22.2. The second-order valence-electron chi connectivity index (χ2n) is 8.25. The summed E-state index contributed by atoms with van der Waals surface area (Å²) in [5, 5.41) is 11.3. The summed E-state index contributed by atoms with van der Waals surface area (Å²) in [7, 11) is 0. The highest BCUT2D eigenvalue weighted by atomic mass is 79.9. The van der Waals surface area contributed by atoms with Crippen molar-refractivity contribution >= 4 is 39.1 Å². The molecule has 0 saturated carbocycles. The first-order valence-corrected chi connectivity index (χ1v) is 11.6. The number of benzene rings is 3. The van der Waals surface area contributed by atoms with E-state index in [9.17, 15) is 14.7 Å². The van der Waals surface area contributed by atoms with Gasteiger partial charge in [0.2, 0.25) is 0 Å². The normalized spacial score (nSPS) is 19.8. The van der Waals surface area contributed by atoms with Crippen LogP contribution in [-0.2, 0) is 22.4 Å². The van der Waals surface area contributed by atoms with Crippen molar-refractivity contribution in [3.8, 4) is 0 Å². The molecular formula is C27H22BrNO3. The smallest absolute Gasteiger partial charge is 0.300 e. The summed E-state index contributed by atoms with van der Waals surface area (Å²) in [5.41, 5.74) is 4.58. The van der Waals surface area contributed by atoms with Crippen LogP contribution in [0.4, 0.5) is 5.69 Å². The van der Waals surface area contributed by atoms with Gasteiger partial charge in [-0.15, -0.1) is 0 Å². The van der Waals surface area contributed by atoms with Gasteiger partial charge in [-0.3, -0.25) is 14.5 Å². The van der Waals surface area contributed by atoms with Crippen LogP contribution in [-0.4, -0.2) is 16.8 Å². The van der Waals surface area contributed by atoms with E-state index in [1.807, 2.05) is 60.7 Å². The molecule has 160 valence electrons. The summed E-state index contributed by atoms with van der Waals surface area (Å²) >= 11 is 3.44. The fourth-order valence-electron chi connectivity index (χ4n) is 4.68. The van der Waals surface area contributed by atoms with Crippen LogP contribution >= 0.6 is 15.9 Å². The molecule has 2 aliphatic rings. The second-order valence-corrected chi connectivity index (χ2v) is 9.16. The molecule has 0 bridgehead atoms. The van der Waals surface area contributed by atoms with Crippen LogP contribution in [0.3, 0.4) is 0 Å². The summed E-state index contributed by atoms with van der Waals surface area (Å²) in [6.45, 7) is 0. The summed E-state index contributed by atoms with van der Waals surface area (Å²) in [4.78, 5) is 27.9. The van der Waals surface area contributed by atoms with Crippen LogP contribution in [0.5, 0.6) is 0 Å². The molecule has 1 atom stereocenters. The molecule has 1 unspecified atom stereocenters. The first kappa shape index (κ1) is 20.7. The number of rotatable bonds is 3. The van der Waals surface area contributed by atoms with Crippen molar-refractivity contribution < 1.29 is 14.7 Å². The number of hydrogen-bond donors (Lipinski definition) is 1. The Hall–Kier alpha value is -3.18. The summed E-state index contributed by atoms with van der Waals surface area (Å²) in [6.07, 6.45) is 4.29. The van der Waals surface area contributed by atoms with Gasteiger partial charge in [0.1, 0.15) is 5.76 Å². The molecule has 1 aliphatic carbocycles. The molecule has 5 rings (SSSR count). The first-order chi connectivity index (χ1) is 15.5. The number of Topliss-reactive ketones (excluding diaryl/α,β-unsaturated/α-hetero) is 1. The molecule has 0 aromatic heterocycles. The van der Waals surface area contributed by atoms with Gasteiger partial charge in [-0.1, -0.05) is 58.4 Å². The van der Waals surface area contributed by atoms with Crippen molar-refractivity contribution in [2.75, 3.05) is 4.90 Å². The molecule has 1 amide bonds. The number of amides is 1. The number of halogens is 1. The van der Waals surface area contributed by atoms with Gasteiger partial charge in [-0.25, -0.2) is 0 Å². The number of anilines is 1. The van der Waals surface area contributed by atoms with Crippen molar-refractivity contribution in [3.63, 3.8) is 0 Å². The Labute approximate surface area is 195 Å². The third kappa shape index (κ3) is 3.56. The molecule has 3 aromatic carbocycles. The predicted octanol–water partition coefficient (Wildman–Crippen LogP) is 5.95. The van der Waals surface area contributed by atoms with Crippen LogP contribution in [0.25, 0.3) is 5.76 Å². The van der Waals surface area contributed by atoms with E-state index in [0.29, 0.717) is 11.3 Å². The summed E-state index contributed by atoms with van der Waals surface area (Å²) in [5.74, 6) is -1.43. The zero-order valence-corrected chi connectivity index (χ0v) is 19.0. The fourth-order valence-corrected chi connectivity index (χ4v) is 4.95. The Morgan fingerprint density at radius 1 is 0.875 bits per heavy atom. The van der Waals surface area contributed by atoms with Gasteiger partial charge in [-0.2, -0.15) is 0 Å². The quantitative estimate of drug-likeness (QED) is 0.282. The van der Waals surface area contributed by atoms with E-state index in [1.54, 1.807) is 12.1 Å². The van der Waals surface area contributed by atoms with E-state index in [0.717, 1.165) is 29.3 Å². The zero-order valence-electron chi connectivity index (χ0n) is 17.4. The number of aryl methyl sites for hydroxylation is 2. The molecule has 3 aromatic rings. The average molecular weight is 488 g/mol. The van der Waals surface area contributed by atoms with Crippen molar-refractivity contribution in [2.45, 2.75) is 31.7 Å². The SMILES string of the molecule is O=C1C(=O)N(c2ccccc2)C(c2ccc(Br)cc2)/C1=C(/O)c1ccc2c(c1)CCCC2. The number of ketones is 1. The van der Waals surface area contributed by atoms with Crippen LogP contribution in [0.2, 0.25) is 0 Å². The minimum atomic E-state index is -0.707. The van der Waals surface area contributed by atoms with Crippen LogP contribution < -0.4 is 4.90 Å². The van der Waals surface area contributed by atoms with Crippen LogP contribution in [0.1, 0.15) is 41.1 Å². The third-order valence-corrected chi connectivity index (χ3v) is 6.82. The highest BCUT2D eigenvalue weighted by Crippen LogP contribution is 2.42. The van der Waals surface area contributed by atoms with Gasteiger partial charge >= 0.3 is 0 Å². The van der Waals surface area contributed by atoms with Crippen LogP contribution in [0, 0.1) is 0 Å². The lowest BCUT2D eigenvalue weighted by Gasteiger charge is -2.25. The number of para-hydroxylation sites is 1. The number of carbonyl (C=O) groups is 2. The molecule has 1 saturated heterocycles. The van der Waals surface area contributed by atoms with Crippen molar-refractivity contribution in [1.82, 2.24) is 0 Å². The van der Waals surface area contributed by atoms with Gasteiger partial charge < -0.3 is 5.11 Å². The van der Waals surface area contributed by atoms with Gasteiger partial charge in [0, 0.05) is 15.7 Å². The van der Waals surface area contributed by atoms with Gasteiger partial charge in [0.15, 0.2) is 0 Å². The van der Waals surface area contributed by atoms with E-state index in [2.05, 4.69) is 15.9 Å². The fraction of sp³-hybridized carbons (Fsp3) is 0.185. The summed E-state index contributed by atoms with van der Waals surface area (Å²) in [6, 6.07) is 21.8. The molecule has 0 radical (unpaired) electrons. The van der Waals surface area contributed by atoms with E-state index in [-0.39, 0.29) is 11.3 Å². The average Bonchev–Trinajstić information content (AvgIpc) is 3.09. The number of aliphatic hydroxyl groups is 1. The highest BCUT2D eigenvalue weighted by Gasteiger charge is 2.46. The maximum atomic E-state index is 13.2. The minimum Gasteiger partial charge on any atom is -0.507 e. The van der Waals surface area contributed by atoms with E-state index in [4.69, 9.17) is 0 Å². The lowest BCUT2D eigenvalue weighted by molar-refractivity contribution is -0.132. The maximum absolute atomic E-state index is 13.2.